The van der Waals surface area contributed by atoms with E-state index in [2.05, 4.69) is 27.6 Å². The average Bonchev–Trinajstić information content (AvgIpc) is 2.12. The van der Waals surface area contributed by atoms with Crippen molar-refractivity contribution in [2.24, 2.45) is 0 Å². The second-order valence-electron chi connectivity index (χ2n) is 3.04. The Morgan fingerprint density at radius 3 is 2.86 bits per heavy atom. The van der Waals surface area contributed by atoms with Crippen molar-refractivity contribution >= 4 is 45.1 Å². The molecule has 2 aromatic rings. The Morgan fingerprint density at radius 1 is 1.43 bits per heavy atom. The van der Waals surface area contributed by atoms with Gasteiger partial charge >= 0.3 is 0 Å². The number of halogens is 3. The van der Waals surface area contributed by atoms with Crippen molar-refractivity contribution < 1.29 is 4.39 Å². The zero-order chi connectivity index (χ0) is 10.3. The van der Waals surface area contributed by atoms with Gasteiger partial charge in [0.2, 0.25) is 0 Å². The molecule has 2 rings (SSSR count). The van der Waals surface area contributed by atoms with Gasteiger partial charge in [0.25, 0.3) is 0 Å². The van der Waals surface area contributed by atoms with Gasteiger partial charge in [0.15, 0.2) is 5.82 Å². The number of fused-ring (bicyclic) bond motifs is 1. The van der Waals surface area contributed by atoms with E-state index in [0.29, 0.717) is 15.9 Å². The molecule has 4 heteroatoms. The van der Waals surface area contributed by atoms with Gasteiger partial charge in [0.1, 0.15) is 5.52 Å². The maximum absolute atomic E-state index is 13.4. The van der Waals surface area contributed by atoms with Crippen LogP contribution in [0.1, 0.15) is 5.56 Å². The standard InChI is InChI=1S/C10H6ClFIN/c1-5-4-14-10-7(9(5)11)2-6(13)3-8(10)12/h2-4H,1H3. The molecular weight excluding hydrogens is 315 g/mol. The summed E-state index contributed by atoms with van der Waals surface area (Å²) in [6.07, 6.45) is 1.58. The van der Waals surface area contributed by atoms with Crippen molar-refractivity contribution in [3.63, 3.8) is 0 Å². The van der Waals surface area contributed by atoms with Crippen LogP contribution in [-0.2, 0) is 0 Å². The van der Waals surface area contributed by atoms with E-state index in [9.17, 15) is 4.39 Å². The quantitative estimate of drug-likeness (QED) is 0.670. The second-order valence-corrected chi connectivity index (χ2v) is 4.66. The van der Waals surface area contributed by atoms with Crippen molar-refractivity contribution in [3.8, 4) is 0 Å². The van der Waals surface area contributed by atoms with Crippen LogP contribution >= 0.6 is 34.2 Å². The van der Waals surface area contributed by atoms with Crippen LogP contribution in [0.15, 0.2) is 18.3 Å². The van der Waals surface area contributed by atoms with E-state index in [-0.39, 0.29) is 5.82 Å². The van der Waals surface area contributed by atoms with Crippen LogP contribution in [0.4, 0.5) is 4.39 Å². The summed E-state index contributed by atoms with van der Waals surface area (Å²) in [5.41, 5.74) is 1.20. The third-order valence-corrected chi connectivity index (χ3v) is 3.12. The fourth-order valence-electron chi connectivity index (χ4n) is 1.29. The van der Waals surface area contributed by atoms with Gasteiger partial charge in [-0.2, -0.15) is 0 Å². The lowest BCUT2D eigenvalue weighted by Crippen LogP contribution is -1.89. The zero-order valence-corrected chi connectivity index (χ0v) is 10.2. The Morgan fingerprint density at radius 2 is 2.14 bits per heavy atom. The van der Waals surface area contributed by atoms with Crippen molar-refractivity contribution in [2.75, 3.05) is 0 Å². The average molecular weight is 322 g/mol. The molecule has 0 N–H and O–H groups in total. The molecule has 0 bridgehead atoms. The van der Waals surface area contributed by atoms with Gasteiger partial charge in [0, 0.05) is 15.2 Å². The van der Waals surface area contributed by atoms with Gasteiger partial charge in [-0.1, -0.05) is 11.6 Å². The van der Waals surface area contributed by atoms with Crippen LogP contribution < -0.4 is 0 Å². The molecule has 14 heavy (non-hydrogen) atoms. The molecule has 0 saturated carbocycles. The molecule has 0 spiro atoms. The molecule has 0 aliphatic rings. The first-order chi connectivity index (χ1) is 6.59. The molecule has 0 saturated heterocycles. The van der Waals surface area contributed by atoms with E-state index in [4.69, 9.17) is 11.6 Å². The van der Waals surface area contributed by atoms with Crippen LogP contribution in [0.3, 0.4) is 0 Å². The first-order valence-electron chi connectivity index (χ1n) is 3.99. The number of aromatic nitrogens is 1. The molecule has 1 nitrogen and oxygen atoms in total. The summed E-state index contributed by atoms with van der Waals surface area (Å²) in [6.45, 7) is 1.85. The Bertz CT molecular complexity index is 513. The molecule has 0 atom stereocenters. The maximum atomic E-state index is 13.4. The summed E-state index contributed by atoms with van der Waals surface area (Å²) in [5.74, 6) is -0.325. The monoisotopic (exact) mass is 321 g/mol. The predicted octanol–water partition coefficient (Wildman–Crippen LogP) is 3.94. The summed E-state index contributed by atoms with van der Waals surface area (Å²) in [7, 11) is 0. The molecule has 0 aliphatic carbocycles. The van der Waals surface area contributed by atoms with Crippen molar-refractivity contribution in [1.29, 1.82) is 0 Å². The molecule has 0 radical (unpaired) electrons. The molecule has 0 aliphatic heterocycles. The summed E-state index contributed by atoms with van der Waals surface area (Å²) in [6, 6.07) is 3.28. The van der Waals surface area contributed by atoms with E-state index in [1.165, 1.54) is 6.07 Å². The number of hydrogen-bond donors (Lipinski definition) is 0. The molecule has 1 heterocycles. The fourth-order valence-corrected chi connectivity index (χ4v) is 2.07. The number of nitrogens with zero attached hydrogens (tertiary/aromatic N) is 1. The van der Waals surface area contributed by atoms with Gasteiger partial charge in [-0.05, 0) is 47.2 Å². The summed E-state index contributed by atoms with van der Waals surface area (Å²) in [4.78, 5) is 4.02. The third kappa shape index (κ3) is 1.59. The van der Waals surface area contributed by atoms with Crippen LogP contribution in [0.5, 0.6) is 0 Å². The van der Waals surface area contributed by atoms with E-state index in [0.717, 1.165) is 9.13 Å². The number of rotatable bonds is 0. The number of benzene rings is 1. The van der Waals surface area contributed by atoms with Crippen LogP contribution in [0, 0.1) is 16.3 Å². The lowest BCUT2D eigenvalue weighted by atomic mass is 10.1. The molecular formula is C10H6ClFIN. The highest BCUT2D eigenvalue weighted by atomic mass is 127. The minimum absolute atomic E-state index is 0.325. The first-order valence-corrected chi connectivity index (χ1v) is 5.45. The molecule has 72 valence electrons. The van der Waals surface area contributed by atoms with E-state index >= 15 is 0 Å². The smallest absolute Gasteiger partial charge is 0.150 e. The lowest BCUT2D eigenvalue weighted by molar-refractivity contribution is 0.636. The Kier molecular flexibility index (Phi) is 2.62. The number of hydrogen-bond acceptors (Lipinski definition) is 1. The van der Waals surface area contributed by atoms with Gasteiger partial charge in [-0.15, -0.1) is 0 Å². The van der Waals surface area contributed by atoms with Crippen molar-refractivity contribution in [1.82, 2.24) is 4.98 Å². The summed E-state index contributed by atoms with van der Waals surface area (Å²) < 4.78 is 14.3. The van der Waals surface area contributed by atoms with Gasteiger partial charge in [0.05, 0.1) is 5.02 Å². The normalized spacial score (nSPS) is 10.9. The largest absolute Gasteiger partial charge is 0.253 e. The number of aryl methyl sites for hydroxylation is 1. The highest BCUT2D eigenvalue weighted by Crippen LogP contribution is 2.28. The number of pyridine rings is 1. The summed E-state index contributed by atoms with van der Waals surface area (Å²) in [5, 5.41) is 1.25. The van der Waals surface area contributed by atoms with E-state index in [1.54, 1.807) is 6.20 Å². The minimum atomic E-state index is -0.325. The Balaban J connectivity index is 2.95. The van der Waals surface area contributed by atoms with Gasteiger partial charge in [-0.3, -0.25) is 4.98 Å². The van der Waals surface area contributed by atoms with Gasteiger partial charge in [-0.25, -0.2) is 4.39 Å². The fraction of sp³-hybridized carbons (Fsp3) is 0.100. The predicted molar refractivity (Wildman–Crippen MR) is 64.2 cm³/mol. The molecule has 0 unspecified atom stereocenters. The van der Waals surface area contributed by atoms with E-state index < -0.39 is 0 Å². The SMILES string of the molecule is Cc1cnc2c(F)cc(I)cc2c1Cl. The Hall–Kier alpha value is -0.420. The second kappa shape index (κ2) is 3.62. The van der Waals surface area contributed by atoms with Crippen molar-refractivity contribution in [2.45, 2.75) is 6.92 Å². The zero-order valence-electron chi connectivity index (χ0n) is 7.31. The molecule has 0 amide bonds. The first kappa shape index (κ1) is 10.1. The molecule has 1 aromatic carbocycles. The van der Waals surface area contributed by atoms with Gasteiger partial charge < -0.3 is 0 Å². The van der Waals surface area contributed by atoms with E-state index in [1.807, 2.05) is 13.0 Å². The lowest BCUT2D eigenvalue weighted by Gasteiger charge is -2.04. The van der Waals surface area contributed by atoms with Crippen molar-refractivity contribution in [3.05, 3.63) is 38.3 Å². The maximum Gasteiger partial charge on any atom is 0.150 e. The van der Waals surface area contributed by atoms with Crippen LogP contribution in [0.25, 0.3) is 10.9 Å². The highest BCUT2D eigenvalue weighted by Gasteiger charge is 2.08. The molecule has 1 aromatic heterocycles. The third-order valence-electron chi connectivity index (χ3n) is 2.00. The summed E-state index contributed by atoms with van der Waals surface area (Å²) >= 11 is 8.12. The van der Waals surface area contributed by atoms with Crippen LogP contribution in [0.2, 0.25) is 5.02 Å². The molecule has 0 fully saturated rings. The Labute approximate surface area is 99.4 Å². The highest BCUT2D eigenvalue weighted by molar-refractivity contribution is 14.1. The minimum Gasteiger partial charge on any atom is -0.253 e. The van der Waals surface area contributed by atoms with Crippen LogP contribution in [-0.4, -0.2) is 4.98 Å². The topological polar surface area (TPSA) is 12.9 Å².